The van der Waals surface area contributed by atoms with Gasteiger partial charge in [-0.3, -0.25) is 5.01 Å². The molecule has 0 bridgehead atoms. The van der Waals surface area contributed by atoms with Crippen molar-refractivity contribution in [1.82, 2.24) is 5.32 Å². The zero-order valence-electron chi connectivity index (χ0n) is 12.8. The predicted molar refractivity (Wildman–Crippen MR) is 91.4 cm³/mol. The number of alkyl halides is 3. The van der Waals surface area contributed by atoms with E-state index < -0.39 is 11.7 Å². The zero-order valence-corrected chi connectivity index (χ0v) is 13.6. The average Bonchev–Trinajstić information content (AvgIpc) is 3.02. The monoisotopic (exact) mass is 355 g/mol. The van der Waals surface area contributed by atoms with E-state index in [9.17, 15) is 13.2 Å². The Balaban J connectivity index is 0.00000208. The number of hydrogen-bond donors (Lipinski definition) is 1. The van der Waals surface area contributed by atoms with Gasteiger partial charge in [-0.25, -0.2) is 0 Å². The molecule has 7 heteroatoms. The third-order valence-electron chi connectivity index (χ3n) is 3.61. The summed E-state index contributed by atoms with van der Waals surface area (Å²) in [5.74, 6) is 0.784. The molecular weight excluding hydrogens is 339 g/mol. The van der Waals surface area contributed by atoms with Crippen LogP contribution in [0.25, 0.3) is 0 Å². The molecule has 0 aliphatic carbocycles. The van der Waals surface area contributed by atoms with Crippen LogP contribution < -0.4 is 10.3 Å². The second-order valence-electron chi connectivity index (χ2n) is 5.31. The van der Waals surface area contributed by atoms with Gasteiger partial charge in [-0.1, -0.05) is 36.4 Å². The third kappa shape index (κ3) is 4.41. The van der Waals surface area contributed by atoms with Crippen molar-refractivity contribution in [2.45, 2.75) is 19.1 Å². The highest BCUT2D eigenvalue weighted by Crippen LogP contribution is 2.32. The Morgan fingerprint density at radius 3 is 2.50 bits per heavy atom. The number of benzene rings is 2. The number of anilines is 1. The molecule has 0 aromatic heterocycles. The normalized spacial score (nSPS) is 14.1. The summed E-state index contributed by atoms with van der Waals surface area (Å²) in [7, 11) is 0. The van der Waals surface area contributed by atoms with E-state index in [1.54, 1.807) is 11.1 Å². The molecule has 3 nitrogen and oxygen atoms in total. The highest BCUT2D eigenvalue weighted by molar-refractivity contribution is 5.86. The van der Waals surface area contributed by atoms with Gasteiger partial charge in [0.2, 0.25) is 0 Å². The van der Waals surface area contributed by atoms with Crippen molar-refractivity contribution in [3.63, 3.8) is 0 Å². The first-order chi connectivity index (χ1) is 11.0. The van der Waals surface area contributed by atoms with E-state index in [1.165, 1.54) is 6.07 Å². The smallest absolute Gasteiger partial charge is 0.368 e. The fraction of sp³-hybridized carbons (Fsp3) is 0.235. The molecule has 2 aromatic rings. The van der Waals surface area contributed by atoms with Crippen molar-refractivity contribution >= 4 is 23.9 Å². The van der Waals surface area contributed by atoms with Gasteiger partial charge in [-0.2, -0.15) is 18.3 Å². The number of nitrogens with zero attached hydrogens (tertiary/aromatic N) is 2. The molecule has 0 unspecified atom stereocenters. The van der Waals surface area contributed by atoms with Crippen LogP contribution in [0.1, 0.15) is 17.5 Å². The van der Waals surface area contributed by atoms with Gasteiger partial charge in [0.05, 0.1) is 11.3 Å². The van der Waals surface area contributed by atoms with Crippen LogP contribution in [0.5, 0.6) is 0 Å². The Kier molecular flexibility index (Phi) is 5.72. The van der Waals surface area contributed by atoms with Crippen LogP contribution in [0, 0.1) is 0 Å². The summed E-state index contributed by atoms with van der Waals surface area (Å²) in [4.78, 5) is 0. The minimum atomic E-state index is -4.34. The van der Waals surface area contributed by atoms with E-state index in [1.807, 2.05) is 30.3 Å². The van der Waals surface area contributed by atoms with Gasteiger partial charge in [0.15, 0.2) is 0 Å². The van der Waals surface area contributed by atoms with Gasteiger partial charge in [0.1, 0.15) is 5.84 Å². The lowest BCUT2D eigenvalue weighted by Gasteiger charge is -2.15. The predicted octanol–water partition coefficient (Wildman–Crippen LogP) is 4.44. The first kappa shape index (κ1) is 18.1. The summed E-state index contributed by atoms with van der Waals surface area (Å²) in [6.07, 6.45) is -3.66. The standard InChI is InChI=1S/C17H16F3N3.ClH/c18-17(19,20)14-7-4-8-15(11-14)23-10-9-16(22-23)21-12-13-5-2-1-3-6-13;/h1-8,11H,9-10,12H2,(H,21,22);1H. The second kappa shape index (κ2) is 7.57. The van der Waals surface area contributed by atoms with Crippen molar-refractivity contribution in [2.75, 3.05) is 11.6 Å². The molecule has 0 fully saturated rings. The largest absolute Gasteiger partial charge is 0.416 e. The van der Waals surface area contributed by atoms with Crippen LogP contribution in [-0.2, 0) is 12.7 Å². The van der Waals surface area contributed by atoms with E-state index in [0.717, 1.165) is 23.5 Å². The zero-order chi connectivity index (χ0) is 16.3. The van der Waals surface area contributed by atoms with Crippen LogP contribution in [0.2, 0.25) is 0 Å². The minimum Gasteiger partial charge on any atom is -0.368 e. The molecule has 2 aromatic carbocycles. The SMILES string of the molecule is Cl.FC(F)(F)c1cccc(N2CCC(NCc3ccccc3)=N2)c1. The van der Waals surface area contributed by atoms with Gasteiger partial charge < -0.3 is 5.32 Å². The number of hydrogen-bond acceptors (Lipinski definition) is 3. The second-order valence-corrected chi connectivity index (χ2v) is 5.31. The van der Waals surface area contributed by atoms with Gasteiger partial charge in [0, 0.05) is 19.5 Å². The van der Waals surface area contributed by atoms with Crippen LogP contribution in [0.15, 0.2) is 59.7 Å². The molecule has 0 radical (unpaired) electrons. The van der Waals surface area contributed by atoms with Gasteiger partial charge in [-0.15, -0.1) is 12.4 Å². The maximum atomic E-state index is 12.8. The maximum absolute atomic E-state index is 12.8. The van der Waals surface area contributed by atoms with E-state index in [4.69, 9.17) is 0 Å². The molecule has 0 atom stereocenters. The molecule has 0 saturated carbocycles. The average molecular weight is 356 g/mol. The summed E-state index contributed by atoms with van der Waals surface area (Å²) in [5.41, 5.74) is 0.931. The van der Waals surface area contributed by atoms with Crippen LogP contribution >= 0.6 is 12.4 Å². The minimum absolute atomic E-state index is 0. The topological polar surface area (TPSA) is 27.6 Å². The number of nitrogens with one attached hydrogen (secondary N) is 1. The molecule has 3 rings (SSSR count). The fourth-order valence-corrected chi connectivity index (χ4v) is 2.41. The number of hydrazone groups is 1. The highest BCUT2D eigenvalue weighted by Gasteiger charge is 2.31. The van der Waals surface area contributed by atoms with Crippen molar-refractivity contribution in [3.05, 3.63) is 65.7 Å². The van der Waals surface area contributed by atoms with Crippen LogP contribution in [-0.4, -0.2) is 12.4 Å². The molecule has 24 heavy (non-hydrogen) atoms. The Morgan fingerprint density at radius 2 is 1.79 bits per heavy atom. The van der Waals surface area contributed by atoms with Crippen molar-refractivity contribution in [3.8, 4) is 0 Å². The maximum Gasteiger partial charge on any atom is 0.416 e. The molecule has 1 aliphatic heterocycles. The Morgan fingerprint density at radius 1 is 1.04 bits per heavy atom. The highest BCUT2D eigenvalue weighted by atomic mass is 35.5. The molecule has 0 saturated heterocycles. The van der Waals surface area contributed by atoms with E-state index in [0.29, 0.717) is 25.2 Å². The molecule has 1 heterocycles. The van der Waals surface area contributed by atoms with Gasteiger partial charge in [-0.05, 0) is 23.8 Å². The summed E-state index contributed by atoms with van der Waals surface area (Å²) in [6.45, 7) is 1.22. The van der Waals surface area contributed by atoms with Crippen LogP contribution in [0.4, 0.5) is 18.9 Å². The Bertz CT molecular complexity index is 702. The first-order valence-corrected chi connectivity index (χ1v) is 7.32. The Hall–Kier alpha value is -2.21. The molecule has 1 aliphatic rings. The number of amidine groups is 1. The third-order valence-corrected chi connectivity index (χ3v) is 3.61. The molecule has 0 spiro atoms. The fourth-order valence-electron chi connectivity index (χ4n) is 2.41. The number of halogens is 4. The summed E-state index contributed by atoms with van der Waals surface area (Å²) < 4.78 is 38.3. The van der Waals surface area contributed by atoms with E-state index in [2.05, 4.69) is 10.4 Å². The van der Waals surface area contributed by atoms with Gasteiger partial charge in [0.25, 0.3) is 0 Å². The lowest BCUT2D eigenvalue weighted by atomic mass is 10.2. The summed E-state index contributed by atoms with van der Waals surface area (Å²) in [5, 5.41) is 9.20. The van der Waals surface area contributed by atoms with Crippen molar-refractivity contribution < 1.29 is 13.2 Å². The molecule has 0 amide bonds. The van der Waals surface area contributed by atoms with Gasteiger partial charge >= 0.3 is 6.18 Å². The lowest BCUT2D eigenvalue weighted by Crippen LogP contribution is -2.20. The lowest BCUT2D eigenvalue weighted by molar-refractivity contribution is -0.137. The van der Waals surface area contributed by atoms with Crippen LogP contribution in [0.3, 0.4) is 0 Å². The summed E-state index contributed by atoms with van der Waals surface area (Å²) in [6, 6.07) is 15.1. The van der Waals surface area contributed by atoms with E-state index >= 15 is 0 Å². The Labute approximate surface area is 144 Å². The molecular formula is C17H17ClF3N3. The molecule has 128 valence electrons. The number of rotatable bonds is 3. The van der Waals surface area contributed by atoms with Crippen molar-refractivity contribution in [2.24, 2.45) is 5.10 Å². The summed E-state index contributed by atoms with van der Waals surface area (Å²) >= 11 is 0. The first-order valence-electron chi connectivity index (χ1n) is 7.32. The van der Waals surface area contributed by atoms with Crippen molar-refractivity contribution in [1.29, 1.82) is 0 Å². The molecule has 1 N–H and O–H groups in total. The van der Waals surface area contributed by atoms with E-state index in [-0.39, 0.29) is 12.4 Å². The quantitative estimate of drug-likeness (QED) is 0.881.